The molecule has 1 aliphatic heterocycles. The third-order valence-electron chi connectivity index (χ3n) is 5.29. The van der Waals surface area contributed by atoms with E-state index in [2.05, 4.69) is 0 Å². The van der Waals surface area contributed by atoms with E-state index in [1.807, 2.05) is 12.1 Å². The topological polar surface area (TPSA) is 57.7 Å². The average molecular weight is 490 g/mol. The van der Waals surface area contributed by atoms with Crippen molar-refractivity contribution < 1.29 is 13.2 Å². The first-order chi connectivity index (χ1) is 14.2. The van der Waals surface area contributed by atoms with Gasteiger partial charge in [-0.05, 0) is 42.7 Å². The van der Waals surface area contributed by atoms with Gasteiger partial charge in [-0.25, -0.2) is 12.7 Å². The molecular formula is C21H23Cl3N2O3S. The first kappa shape index (κ1) is 23.4. The van der Waals surface area contributed by atoms with Crippen LogP contribution in [0.4, 0.5) is 0 Å². The summed E-state index contributed by atoms with van der Waals surface area (Å²) in [5.41, 5.74) is 1.40. The van der Waals surface area contributed by atoms with E-state index in [-0.39, 0.29) is 17.6 Å². The fourth-order valence-electron chi connectivity index (χ4n) is 3.58. The maximum absolute atomic E-state index is 12.8. The molecule has 1 heterocycles. The van der Waals surface area contributed by atoms with Crippen molar-refractivity contribution >= 4 is 50.7 Å². The SMILES string of the molecule is CN(Cc1ccc(Cl)cc1)C(=O)C1CCN(S(=O)(=O)Cc2c(Cl)cccc2Cl)CC1. The molecule has 0 saturated carbocycles. The Hall–Kier alpha value is -1.31. The molecule has 1 saturated heterocycles. The number of amides is 1. The zero-order valence-electron chi connectivity index (χ0n) is 16.5. The van der Waals surface area contributed by atoms with Gasteiger partial charge in [-0.15, -0.1) is 0 Å². The smallest absolute Gasteiger partial charge is 0.225 e. The molecule has 2 aromatic carbocycles. The lowest BCUT2D eigenvalue weighted by molar-refractivity contribution is -0.135. The van der Waals surface area contributed by atoms with Crippen LogP contribution < -0.4 is 0 Å². The number of carbonyl (C=O) groups excluding carboxylic acids is 1. The van der Waals surface area contributed by atoms with Crippen molar-refractivity contribution in [2.45, 2.75) is 25.1 Å². The van der Waals surface area contributed by atoms with E-state index in [9.17, 15) is 13.2 Å². The van der Waals surface area contributed by atoms with Gasteiger partial charge in [-0.2, -0.15) is 0 Å². The highest BCUT2D eigenvalue weighted by Gasteiger charge is 2.33. The van der Waals surface area contributed by atoms with Crippen molar-refractivity contribution in [1.29, 1.82) is 0 Å². The number of piperidine rings is 1. The van der Waals surface area contributed by atoms with Crippen molar-refractivity contribution in [1.82, 2.24) is 9.21 Å². The molecule has 2 aromatic rings. The second kappa shape index (κ2) is 9.88. The Morgan fingerprint density at radius 2 is 1.60 bits per heavy atom. The van der Waals surface area contributed by atoms with Gasteiger partial charge in [0.1, 0.15) is 0 Å². The van der Waals surface area contributed by atoms with E-state index in [1.165, 1.54) is 4.31 Å². The van der Waals surface area contributed by atoms with Crippen molar-refractivity contribution in [3.63, 3.8) is 0 Å². The summed E-state index contributed by atoms with van der Waals surface area (Å²) < 4.78 is 27.1. The monoisotopic (exact) mass is 488 g/mol. The summed E-state index contributed by atoms with van der Waals surface area (Å²) in [6.45, 7) is 1.09. The number of nitrogens with zero attached hydrogens (tertiary/aromatic N) is 2. The van der Waals surface area contributed by atoms with Crippen LogP contribution in [0.1, 0.15) is 24.0 Å². The third-order valence-corrected chi connectivity index (χ3v) is 8.06. The van der Waals surface area contributed by atoms with E-state index in [4.69, 9.17) is 34.8 Å². The molecule has 3 rings (SSSR count). The minimum Gasteiger partial charge on any atom is -0.341 e. The number of benzene rings is 2. The predicted molar refractivity (Wildman–Crippen MR) is 121 cm³/mol. The Labute approximate surface area is 192 Å². The van der Waals surface area contributed by atoms with Crippen molar-refractivity contribution in [3.8, 4) is 0 Å². The zero-order valence-corrected chi connectivity index (χ0v) is 19.6. The van der Waals surface area contributed by atoms with Crippen LogP contribution in [0.5, 0.6) is 0 Å². The lowest BCUT2D eigenvalue weighted by atomic mass is 9.96. The molecule has 0 atom stereocenters. The van der Waals surface area contributed by atoms with E-state index in [0.29, 0.717) is 53.1 Å². The molecule has 0 radical (unpaired) electrons. The van der Waals surface area contributed by atoms with Crippen LogP contribution in [-0.4, -0.2) is 43.7 Å². The van der Waals surface area contributed by atoms with Crippen LogP contribution in [0, 0.1) is 5.92 Å². The number of sulfonamides is 1. The molecule has 5 nitrogen and oxygen atoms in total. The predicted octanol–water partition coefficient (Wildman–Crippen LogP) is 4.85. The summed E-state index contributed by atoms with van der Waals surface area (Å²) in [5.74, 6) is -0.422. The standard InChI is InChI=1S/C21H23Cl3N2O3S/c1-25(13-15-5-7-17(22)8-6-15)21(27)16-9-11-26(12-10-16)30(28,29)14-18-19(23)3-2-4-20(18)24/h2-8,16H,9-14H2,1H3. The molecule has 0 N–H and O–H groups in total. The highest BCUT2D eigenvalue weighted by Crippen LogP contribution is 2.29. The second-order valence-corrected chi connectivity index (χ2v) is 10.7. The summed E-state index contributed by atoms with van der Waals surface area (Å²) in [6.07, 6.45) is 0.971. The fourth-order valence-corrected chi connectivity index (χ4v) is 6.02. The Morgan fingerprint density at radius 3 is 2.17 bits per heavy atom. The van der Waals surface area contributed by atoms with Crippen LogP contribution in [-0.2, 0) is 27.1 Å². The average Bonchev–Trinajstić information content (AvgIpc) is 2.72. The minimum atomic E-state index is -3.58. The molecule has 0 aliphatic carbocycles. The Balaban J connectivity index is 1.58. The highest BCUT2D eigenvalue weighted by molar-refractivity contribution is 7.88. The number of hydrogen-bond donors (Lipinski definition) is 0. The molecule has 0 unspecified atom stereocenters. The normalized spacial score (nSPS) is 15.9. The molecule has 0 aromatic heterocycles. The zero-order chi connectivity index (χ0) is 21.9. The Bertz CT molecular complexity index is 984. The first-order valence-electron chi connectivity index (χ1n) is 9.57. The molecule has 0 bridgehead atoms. The van der Waals surface area contributed by atoms with E-state index >= 15 is 0 Å². The molecule has 9 heteroatoms. The van der Waals surface area contributed by atoms with Gasteiger partial charge in [0, 0.05) is 53.2 Å². The van der Waals surface area contributed by atoms with E-state index < -0.39 is 10.0 Å². The second-order valence-electron chi connectivity index (χ2n) is 7.45. The molecule has 30 heavy (non-hydrogen) atoms. The highest BCUT2D eigenvalue weighted by atomic mass is 35.5. The molecule has 1 amide bonds. The molecule has 162 valence electrons. The van der Waals surface area contributed by atoms with Crippen LogP contribution in [0.3, 0.4) is 0 Å². The fraction of sp³-hybridized carbons (Fsp3) is 0.381. The third kappa shape index (κ3) is 5.68. The van der Waals surface area contributed by atoms with Gasteiger partial charge in [-0.1, -0.05) is 53.0 Å². The van der Waals surface area contributed by atoms with Crippen LogP contribution >= 0.6 is 34.8 Å². The molecule has 1 fully saturated rings. The Morgan fingerprint density at radius 1 is 1.03 bits per heavy atom. The van der Waals surface area contributed by atoms with Crippen LogP contribution in [0.2, 0.25) is 15.1 Å². The lowest BCUT2D eigenvalue weighted by Crippen LogP contribution is -2.43. The summed E-state index contributed by atoms with van der Waals surface area (Å²) in [7, 11) is -1.81. The van der Waals surface area contributed by atoms with Crippen LogP contribution in [0.15, 0.2) is 42.5 Å². The van der Waals surface area contributed by atoms with Crippen molar-refractivity contribution in [3.05, 3.63) is 68.7 Å². The summed E-state index contributed by atoms with van der Waals surface area (Å²) >= 11 is 18.2. The first-order valence-corrected chi connectivity index (χ1v) is 12.3. The maximum atomic E-state index is 12.8. The summed E-state index contributed by atoms with van der Waals surface area (Å²) in [6, 6.07) is 12.3. The van der Waals surface area contributed by atoms with E-state index in [0.717, 1.165) is 5.56 Å². The van der Waals surface area contributed by atoms with Crippen molar-refractivity contribution in [2.24, 2.45) is 5.92 Å². The minimum absolute atomic E-state index is 0.0242. The largest absolute Gasteiger partial charge is 0.341 e. The maximum Gasteiger partial charge on any atom is 0.225 e. The molecule has 1 aliphatic rings. The van der Waals surface area contributed by atoms with Crippen molar-refractivity contribution in [2.75, 3.05) is 20.1 Å². The number of rotatable bonds is 6. The Kier molecular flexibility index (Phi) is 7.69. The quantitative estimate of drug-likeness (QED) is 0.583. The molecular weight excluding hydrogens is 467 g/mol. The van der Waals surface area contributed by atoms with Gasteiger partial charge < -0.3 is 4.90 Å². The lowest BCUT2D eigenvalue weighted by Gasteiger charge is -2.32. The van der Waals surface area contributed by atoms with Gasteiger partial charge in [0.25, 0.3) is 0 Å². The van der Waals surface area contributed by atoms with E-state index in [1.54, 1.807) is 42.3 Å². The number of carbonyl (C=O) groups is 1. The van der Waals surface area contributed by atoms with Gasteiger partial charge in [0.15, 0.2) is 0 Å². The van der Waals surface area contributed by atoms with Gasteiger partial charge in [0.05, 0.1) is 5.75 Å². The van der Waals surface area contributed by atoms with Gasteiger partial charge >= 0.3 is 0 Å². The van der Waals surface area contributed by atoms with Crippen LogP contribution in [0.25, 0.3) is 0 Å². The summed E-state index contributed by atoms with van der Waals surface area (Å²) in [4.78, 5) is 14.5. The number of halogens is 3. The number of hydrogen-bond acceptors (Lipinski definition) is 3. The molecule has 0 spiro atoms. The summed E-state index contributed by atoms with van der Waals surface area (Å²) in [5, 5.41) is 1.32. The van der Waals surface area contributed by atoms with Gasteiger partial charge in [-0.3, -0.25) is 4.79 Å². The van der Waals surface area contributed by atoms with Gasteiger partial charge in [0.2, 0.25) is 15.9 Å².